The minimum absolute atomic E-state index is 0.0339. The first-order valence-electron chi connectivity index (χ1n) is 17.5. The van der Waals surface area contributed by atoms with Crippen molar-refractivity contribution in [1.82, 2.24) is 0 Å². The van der Waals surface area contributed by atoms with Gasteiger partial charge >= 0.3 is 0 Å². The van der Waals surface area contributed by atoms with Gasteiger partial charge in [-0.05, 0) is 116 Å². The van der Waals surface area contributed by atoms with Crippen LogP contribution in [0.15, 0.2) is 154 Å². The van der Waals surface area contributed by atoms with Crippen LogP contribution in [0.4, 0.5) is 34.5 Å². The third kappa shape index (κ3) is 4.69. The van der Waals surface area contributed by atoms with E-state index < -0.39 is 0 Å². The highest BCUT2D eigenvalue weighted by atomic mass is 79.9. The maximum Gasteiger partial charge on any atom is 0.221 e. The van der Waals surface area contributed by atoms with E-state index in [2.05, 4.69) is 193 Å². The van der Waals surface area contributed by atoms with Crippen LogP contribution in [-0.4, -0.2) is 0 Å². The Morgan fingerprint density at radius 3 is 1.86 bits per heavy atom. The lowest BCUT2D eigenvalue weighted by Gasteiger charge is -2.28. The summed E-state index contributed by atoms with van der Waals surface area (Å²) >= 11 is 3.97. The maximum atomic E-state index is 7.04. The summed E-state index contributed by atoms with van der Waals surface area (Å²) in [5.74, 6) is 1.46. The van der Waals surface area contributed by atoms with E-state index in [9.17, 15) is 0 Å². The fourth-order valence-electron chi connectivity index (χ4n) is 8.53. The Morgan fingerprint density at radius 1 is 0.560 bits per heavy atom. The van der Waals surface area contributed by atoms with Gasteiger partial charge < -0.3 is 4.42 Å². The second-order valence-electron chi connectivity index (χ2n) is 14.7. The highest BCUT2D eigenvalue weighted by Gasteiger charge is 2.39. The monoisotopic (exact) mass is 714 g/mol. The molecule has 1 heterocycles. The minimum atomic E-state index is -0.120. The number of fused-ring (bicyclic) bond motifs is 5. The molecule has 0 atom stereocenters. The van der Waals surface area contributed by atoms with Gasteiger partial charge in [0, 0.05) is 39.6 Å². The van der Waals surface area contributed by atoms with Crippen LogP contribution >= 0.6 is 15.9 Å². The Kier molecular flexibility index (Phi) is 7.12. The maximum absolute atomic E-state index is 7.04. The molecule has 0 spiro atoms. The second-order valence-corrected chi connectivity index (χ2v) is 15.5. The van der Waals surface area contributed by atoms with E-state index in [1.54, 1.807) is 5.57 Å². The molecule has 0 bridgehead atoms. The smallest absolute Gasteiger partial charge is 0.221 e. The number of hydrogen-bond acceptors (Lipinski definition) is 3. The topological polar surface area (TPSA) is 19.6 Å². The van der Waals surface area contributed by atoms with Gasteiger partial charge in [0.15, 0.2) is 0 Å². The highest BCUT2D eigenvalue weighted by Crippen LogP contribution is 2.54. The normalized spacial score (nSPS) is 16.1. The molecule has 0 saturated heterocycles. The lowest BCUT2D eigenvalue weighted by atomic mass is 9.78. The molecule has 5 aromatic carbocycles. The molecule has 0 fully saturated rings. The predicted octanol–water partition coefficient (Wildman–Crippen LogP) is 13.7. The Bertz CT molecular complexity index is 2350. The summed E-state index contributed by atoms with van der Waals surface area (Å²) in [6.07, 6.45) is 6.86. The van der Waals surface area contributed by atoms with Crippen molar-refractivity contribution in [2.45, 2.75) is 51.4 Å². The van der Waals surface area contributed by atoms with E-state index in [0.717, 1.165) is 51.8 Å². The summed E-state index contributed by atoms with van der Waals surface area (Å²) in [6, 6.07) is 45.7. The zero-order chi connectivity index (χ0) is 34.2. The van der Waals surface area contributed by atoms with E-state index in [4.69, 9.17) is 4.42 Å². The minimum Gasteiger partial charge on any atom is -0.422 e. The van der Waals surface area contributed by atoms with Crippen LogP contribution in [-0.2, 0) is 10.8 Å². The zero-order valence-electron chi connectivity index (χ0n) is 28.9. The van der Waals surface area contributed by atoms with Gasteiger partial charge in [0.2, 0.25) is 11.8 Å². The van der Waals surface area contributed by atoms with Crippen LogP contribution < -0.4 is 9.80 Å². The van der Waals surface area contributed by atoms with Crippen LogP contribution in [0.5, 0.6) is 0 Å². The first kappa shape index (κ1) is 31.0. The molecule has 0 unspecified atom stereocenters. The summed E-state index contributed by atoms with van der Waals surface area (Å²) in [5, 5.41) is 0. The lowest BCUT2D eigenvalue weighted by Crippen LogP contribution is -2.18. The van der Waals surface area contributed by atoms with E-state index in [1.807, 2.05) is 0 Å². The third-order valence-electron chi connectivity index (χ3n) is 11.1. The Morgan fingerprint density at radius 2 is 1.14 bits per heavy atom. The van der Waals surface area contributed by atoms with Crippen molar-refractivity contribution >= 4 is 56.0 Å². The van der Waals surface area contributed by atoms with E-state index >= 15 is 0 Å². The second kappa shape index (κ2) is 11.5. The van der Waals surface area contributed by atoms with Gasteiger partial charge in [-0.2, -0.15) is 0 Å². The molecule has 4 heteroatoms. The molecule has 0 amide bonds. The lowest BCUT2D eigenvalue weighted by molar-refractivity contribution is 0.578. The number of allylic oxidation sites excluding steroid dienone is 4. The Balaban J connectivity index is 1.18. The zero-order valence-corrected chi connectivity index (χ0v) is 30.5. The number of nitrogens with zero attached hydrogens (tertiary/aromatic N) is 2. The predicted molar refractivity (Wildman–Crippen MR) is 212 cm³/mol. The van der Waals surface area contributed by atoms with Crippen LogP contribution in [0.25, 0.3) is 16.7 Å². The average Bonchev–Trinajstić information content (AvgIpc) is 3.70. The quantitative estimate of drug-likeness (QED) is 0.171. The molecule has 3 nitrogen and oxygen atoms in total. The molecular weight excluding hydrogens is 676 g/mol. The molecule has 0 radical (unpaired) electrons. The van der Waals surface area contributed by atoms with Crippen molar-refractivity contribution in [3.63, 3.8) is 0 Å². The number of anilines is 6. The fraction of sp³-hybridized carbons (Fsp3) is 0.174. The van der Waals surface area contributed by atoms with Crippen molar-refractivity contribution in [3.05, 3.63) is 172 Å². The largest absolute Gasteiger partial charge is 0.422 e. The molecule has 50 heavy (non-hydrogen) atoms. The van der Waals surface area contributed by atoms with Crippen LogP contribution in [0.1, 0.15) is 62.8 Å². The number of benzene rings is 5. The van der Waals surface area contributed by atoms with Gasteiger partial charge in [-0.25, -0.2) is 0 Å². The number of furan rings is 1. The molecule has 246 valence electrons. The highest BCUT2D eigenvalue weighted by molar-refractivity contribution is 9.10. The summed E-state index contributed by atoms with van der Waals surface area (Å²) in [5.41, 5.74) is 15.0. The Hall–Kier alpha value is -5.06. The van der Waals surface area contributed by atoms with Crippen molar-refractivity contribution in [1.29, 1.82) is 0 Å². The van der Waals surface area contributed by atoms with E-state index in [1.165, 1.54) is 39.0 Å². The third-order valence-corrected chi connectivity index (χ3v) is 11.7. The summed E-state index contributed by atoms with van der Waals surface area (Å²) < 4.78 is 7.92. The molecule has 0 aliphatic heterocycles. The van der Waals surface area contributed by atoms with Gasteiger partial charge in [-0.1, -0.05) is 118 Å². The van der Waals surface area contributed by atoms with Crippen LogP contribution in [0, 0.1) is 0 Å². The van der Waals surface area contributed by atoms with Crippen molar-refractivity contribution in [3.8, 4) is 11.1 Å². The summed E-state index contributed by atoms with van der Waals surface area (Å²) in [7, 11) is 0. The first-order chi connectivity index (χ1) is 24.2. The number of hydrogen-bond donors (Lipinski definition) is 0. The Labute approximate surface area is 303 Å². The first-order valence-corrected chi connectivity index (χ1v) is 18.3. The molecule has 0 N–H and O–H groups in total. The number of rotatable bonds is 6. The molecule has 3 aliphatic rings. The summed E-state index contributed by atoms with van der Waals surface area (Å²) in [6.45, 7) is 9.40. The molecule has 1 aromatic heterocycles. The number of halogens is 1. The van der Waals surface area contributed by atoms with Crippen molar-refractivity contribution < 1.29 is 4.42 Å². The number of para-hydroxylation sites is 2. The fourth-order valence-corrected chi connectivity index (χ4v) is 8.99. The summed E-state index contributed by atoms with van der Waals surface area (Å²) in [4.78, 5) is 4.47. The van der Waals surface area contributed by atoms with Gasteiger partial charge in [0.1, 0.15) is 0 Å². The van der Waals surface area contributed by atoms with Crippen molar-refractivity contribution in [2.24, 2.45) is 0 Å². The molecule has 6 aromatic rings. The SMILES string of the molecule is CC1(C)C2=C(C=CCC2)c2ccc(N(c3ccccc3)c3cc(Br)c(N(c4ccccc4)c4ccc5c(c4)C(C)(C)c4ccccc4-5)o3)cc21. The van der Waals surface area contributed by atoms with Gasteiger partial charge in [-0.15, -0.1) is 0 Å². The standard InChI is InChI=1S/C46H39BrN2O/c1-45(2)38-21-13-11-19-34(38)36-25-23-32(27-40(36)45)48(30-15-7-5-8-16-30)43-29-42(47)44(50-43)49(31-17-9-6-10-18-31)33-24-26-37-35-20-12-14-22-39(35)46(3,4)41(37)28-33/h5-12,14-20,22-29H,13,21H2,1-4H3. The van der Waals surface area contributed by atoms with Crippen LogP contribution in [0.3, 0.4) is 0 Å². The van der Waals surface area contributed by atoms with Crippen molar-refractivity contribution in [2.75, 3.05) is 9.80 Å². The molecule has 9 rings (SSSR count). The molecule has 3 aliphatic carbocycles. The average molecular weight is 716 g/mol. The van der Waals surface area contributed by atoms with Gasteiger partial charge in [-0.3, -0.25) is 9.80 Å². The van der Waals surface area contributed by atoms with E-state index in [0.29, 0.717) is 0 Å². The van der Waals surface area contributed by atoms with Gasteiger partial charge in [0.25, 0.3) is 0 Å². The van der Waals surface area contributed by atoms with Gasteiger partial charge in [0.05, 0.1) is 4.47 Å². The molecular formula is C46H39BrN2O. The molecule has 0 saturated carbocycles. The van der Waals surface area contributed by atoms with Crippen LogP contribution in [0.2, 0.25) is 0 Å². The van der Waals surface area contributed by atoms with E-state index in [-0.39, 0.29) is 10.8 Å².